The number of aromatic nitrogens is 2. The third-order valence-corrected chi connectivity index (χ3v) is 3.15. The lowest BCUT2D eigenvalue weighted by Gasteiger charge is -2.20. The minimum Gasteiger partial charge on any atom is -0.408 e. The number of oxime groups is 1. The number of nitrogens with one attached hydrogen (secondary N) is 1. The van der Waals surface area contributed by atoms with Gasteiger partial charge in [0, 0.05) is 0 Å². The number of guanidine groups is 1. The number of hydroxylamine groups is 1. The lowest BCUT2D eigenvalue weighted by molar-refractivity contribution is 0.0515. The topological polar surface area (TPSA) is 117 Å². The van der Waals surface area contributed by atoms with E-state index in [2.05, 4.69) is 15.1 Å². The van der Waals surface area contributed by atoms with Crippen molar-refractivity contribution in [2.24, 2.45) is 10.9 Å². The summed E-state index contributed by atoms with van der Waals surface area (Å²) < 4.78 is 0. The molecule has 0 aliphatic carbocycles. The zero-order valence-corrected chi connectivity index (χ0v) is 11.9. The number of benzene rings is 2. The maximum atomic E-state index is 12.5. The molecule has 8 heteroatoms. The van der Waals surface area contributed by atoms with Crippen LogP contribution in [0.15, 0.2) is 60.0 Å². The second kappa shape index (κ2) is 6.06. The minimum atomic E-state index is -0.682. The number of H-pyrrole nitrogens is 1. The Morgan fingerprint density at radius 1 is 1.22 bits per heavy atom. The van der Waals surface area contributed by atoms with Crippen LogP contribution < -0.4 is 10.8 Å². The maximum Gasteiger partial charge on any atom is 0.366 e. The summed E-state index contributed by atoms with van der Waals surface area (Å²) in [6.45, 7) is 0. The molecule has 8 nitrogen and oxygen atoms in total. The van der Waals surface area contributed by atoms with E-state index in [1.807, 2.05) is 0 Å². The molecule has 0 atom stereocenters. The van der Waals surface area contributed by atoms with Gasteiger partial charge in [0.05, 0.1) is 23.1 Å². The van der Waals surface area contributed by atoms with Crippen molar-refractivity contribution in [3.05, 3.63) is 60.4 Å². The molecule has 0 aliphatic rings. The number of aromatic amines is 1. The lowest BCUT2D eigenvalue weighted by atomic mass is 10.2. The first kappa shape index (κ1) is 14.4. The first-order valence-corrected chi connectivity index (χ1v) is 6.68. The fourth-order valence-corrected chi connectivity index (χ4v) is 2.10. The Hall–Kier alpha value is -3.55. The predicted octanol–water partition coefficient (Wildman–Crippen LogP) is 1.85. The van der Waals surface area contributed by atoms with Crippen molar-refractivity contribution < 1.29 is 14.8 Å². The molecule has 0 aliphatic heterocycles. The van der Waals surface area contributed by atoms with Gasteiger partial charge >= 0.3 is 5.97 Å². The molecule has 2 aromatic carbocycles. The van der Waals surface area contributed by atoms with Crippen molar-refractivity contribution in [3.63, 3.8) is 0 Å². The molecule has 3 aromatic rings. The van der Waals surface area contributed by atoms with Gasteiger partial charge in [-0.05, 0) is 29.4 Å². The summed E-state index contributed by atoms with van der Waals surface area (Å²) in [5.74, 6) is -1.06. The van der Waals surface area contributed by atoms with Gasteiger partial charge in [-0.25, -0.2) is 9.78 Å². The van der Waals surface area contributed by atoms with Crippen molar-refractivity contribution in [2.75, 3.05) is 5.06 Å². The number of hydrogen-bond acceptors (Lipinski definition) is 5. The molecule has 0 spiro atoms. The summed E-state index contributed by atoms with van der Waals surface area (Å²) >= 11 is 0. The van der Waals surface area contributed by atoms with E-state index < -0.39 is 5.97 Å². The summed E-state index contributed by atoms with van der Waals surface area (Å²) in [6, 6.07) is 13.6. The van der Waals surface area contributed by atoms with E-state index in [1.165, 1.54) is 6.33 Å². The highest BCUT2D eigenvalue weighted by Crippen LogP contribution is 2.19. The van der Waals surface area contributed by atoms with Gasteiger partial charge in [0.25, 0.3) is 5.96 Å². The molecule has 3 rings (SSSR count). The van der Waals surface area contributed by atoms with Crippen molar-refractivity contribution in [2.45, 2.75) is 0 Å². The number of hydrogen-bond donors (Lipinski definition) is 3. The molecule has 0 radical (unpaired) electrons. The fourth-order valence-electron chi connectivity index (χ4n) is 2.10. The number of rotatable bonds is 2. The molecule has 0 fully saturated rings. The van der Waals surface area contributed by atoms with Crippen molar-refractivity contribution in [3.8, 4) is 0 Å². The lowest BCUT2D eigenvalue weighted by Crippen LogP contribution is -2.39. The third-order valence-electron chi connectivity index (χ3n) is 3.15. The molecule has 0 bridgehead atoms. The summed E-state index contributed by atoms with van der Waals surface area (Å²) in [7, 11) is 0. The Kier molecular flexibility index (Phi) is 3.79. The predicted molar refractivity (Wildman–Crippen MR) is 83.8 cm³/mol. The molecule has 23 heavy (non-hydrogen) atoms. The molecular weight excluding hydrogens is 298 g/mol. The van der Waals surface area contributed by atoms with Crippen LogP contribution in [0.4, 0.5) is 5.69 Å². The molecule has 0 amide bonds. The smallest absolute Gasteiger partial charge is 0.366 e. The number of carbonyl (C=O) groups excluding carboxylic acids is 1. The molecule has 1 aromatic heterocycles. The molecule has 116 valence electrons. The average Bonchev–Trinajstić information content (AvgIpc) is 3.08. The standard InChI is InChI=1S/C15H13N5O3/c16-15(19-22)20(10-5-2-1-3-6-10)23-14(21)11-7-4-8-12-13(11)18-9-17-12/h1-9,22H,(H2,16,19)(H,17,18). The quantitative estimate of drug-likeness (QED) is 0.288. The molecule has 0 saturated carbocycles. The highest BCUT2D eigenvalue weighted by Gasteiger charge is 2.21. The van der Waals surface area contributed by atoms with E-state index in [0.717, 1.165) is 5.06 Å². The van der Waals surface area contributed by atoms with Gasteiger partial charge in [-0.1, -0.05) is 24.3 Å². The number of nitrogens with zero attached hydrogens (tertiary/aromatic N) is 3. The normalized spacial score (nSPS) is 11.4. The fraction of sp³-hybridized carbons (Fsp3) is 0. The number of carbonyl (C=O) groups is 1. The Morgan fingerprint density at radius 2 is 2.00 bits per heavy atom. The van der Waals surface area contributed by atoms with Gasteiger partial charge in [-0.3, -0.25) is 0 Å². The number of fused-ring (bicyclic) bond motifs is 1. The van der Waals surface area contributed by atoms with Crippen LogP contribution in [0, 0.1) is 0 Å². The van der Waals surface area contributed by atoms with Crippen LogP contribution in [0.1, 0.15) is 10.4 Å². The van der Waals surface area contributed by atoms with E-state index >= 15 is 0 Å². The first-order chi connectivity index (χ1) is 11.2. The van der Waals surface area contributed by atoms with Crippen LogP contribution in [0.25, 0.3) is 11.0 Å². The summed E-state index contributed by atoms with van der Waals surface area (Å²) in [4.78, 5) is 24.7. The Balaban J connectivity index is 1.94. The number of imidazole rings is 1. The van der Waals surface area contributed by atoms with Crippen LogP contribution in [0.3, 0.4) is 0 Å². The summed E-state index contributed by atoms with van der Waals surface area (Å²) in [6.07, 6.45) is 1.49. The van der Waals surface area contributed by atoms with Crippen LogP contribution in [0.5, 0.6) is 0 Å². The van der Waals surface area contributed by atoms with Crippen molar-refractivity contribution >= 4 is 28.6 Å². The number of para-hydroxylation sites is 2. The molecule has 0 saturated heterocycles. The monoisotopic (exact) mass is 311 g/mol. The third kappa shape index (κ3) is 2.77. The average molecular weight is 311 g/mol. The van der Waals surface area contributed by atoms with Gasteiger partial charge in [0.1, 0.15) is 5.52 Å². The number of nitrogens with two attached hydrogens (primary N) is 1. The maximum absolute atomic E-state index is 12.5. The molecule has 1 heterocycles. The van der Waals surface area contributed by atoms with Crippen LogP contribution in [-0.2, 0) is 4.84 Å². The Morgan fingerprint density at radius 3 is 2.74 bits per heavy atom. The van der Waals surface area contributed by atoms with Gasteiger partial charge in [-0.2, -0.15) is 0 Å². The van der Waals surface area contributed by atoms with Gasteiger partial charge in [0.2, 0.25) is 0 Å². The second-order valence-corrected chi connectivity index (χ2v) is 4.57. The van der Waals surface area contributed by atoms with Crippen LogP contribution in [-0.4, -0.2) is 27.1 Å². The number of anilines is 1. The minimum absolute atomic E-state index is 0.260. The van der Waals surface area contributed by atoms with Crippen molar-refractivity contribution in [1.82, 2.24) is 9.97 Å². The van der Waals surface area contributed by atoms with E-state index in [4.69, 9.17) is 15.8 Å². The van der Waals surface area contributed by atoms with Gasteiger partial charge in [-0.15, -0.1) is 5.06 Å². The molecular formula is C15H13N5O3. The first-order valence-electron chi connectivity index (χ1n) is 6.68. The van der Waals surface area contributed by atoms with Crippen LogP contribution in [0.2, 0.25) is 0 Å². The largest absolute Gasteiger partial charge is 0.408 e. The zero-order chi connectivity index (χ0) is 16.2. The summed E-state index contributed by atoms with van der Waals surface area (Å²) in [5, 5.41) is 12.7. The highest BCUT2D eigenvalue weighted by molar-refractivity contribution is 6.04. The van der Waals surface area contributed by atoms with E-state index in [1.54, 1.807) is 48.5 Å². The second-order valence-electron chi connectivity index (χ2n) is 4.57. The van der Waals surface area contributed by atoms with E-state index in [0.29, 0.717) is 16.7 Å². The molecule has 4 N–H and O–H groups in total. The zero-order valence-electron chi connectivity index (χ0n) is 11.9. The van der Waals surface area contributed by atoms with Crippen LogP contribution >= 0.6 is 0 Å². The Labute approximate surface area is 130 Å². The van der Waals surface area contributed by atoms with E-state index in [-0.39, 0.29) is 11.5 Å². The Bertz CT molecular complexity index is 860. The van der Waals surface area contributed by atoms with Gasteiger partial charge < -0.3 is 20.8 Å². The van der Waals surface area contributed by atoms with Gasteiger partial charge in [0.15, 0.2) is 0 Å². The SMILES string of the molecule is N/C(=N\O)N(OC(=O)c1cccc2[nH]cnc12)c1ccccc1. The van der Waals surface area contributed by atoms with Crippen molar-refractivity contribution in [1.29, 1.82) is 0 Å². The molecule has 0 unspecified atom stereocenters. The van der Waals surface area contributed by atoms with E-state index in [9.17, 15) is 4.79 Å². The summed E-state index contributed by atoms with van der Waals surface area (Å²) in [5.41, 5.74) is 7.47. The highest BCUT2D eigenvalue weighted by atomic mass is 16.7.